The number of nitrogens with one attached hydrogen (secondary N) is 2. The minimum absolute atomic E-state index is 0.531. The molecule has 0 aromatic carbocycles. The lowest BCUT2D eigenvalue weighted by molar-refractivity contribution is 0.624. The van der Waals surface area contributed by atoms with Crippen molar-refractivity contribution in [2.24, 2.45) is 5.92 Å². The van der Waals surface area contributed by atoms with Gasteiger partial charge in [0, 0.05) is 5.71 Å². The van der Waals surface area contributed by atoms with Crippen molar-refractivity contribution in [3.8, 4) is 0 Å². The van der Waals surface area contributed by atoms with Gasteiger partial charge in [-0.2, -0.15) is 0 Å². The Morgan fingerprint density at radius 2 is 2.09 bits per heavy atom. The quantitative estimate of drug-likeness (QED) is 0.569. The molecule has 0 rings (SSSR count). The van der Waals surface area contributed by atoms with Gasteiger partial charge in [0.25, 0.3) is 0 Å². The van der Waals surface area contributed by atoms with Crippen molar-refractivity contribution >= 4 is 11.9 Å². The molecule has 0 fully saturated rings. The highest BCUT2D eigenvalue weighted by Gasteiger charge is 1.94. The maximum atomic E-state index is 7.11. The van der Waals surface area contributed by atoms with Crippen LogP contribution in [0.1, 0.15) is 26.7 Å². The van der Waals surface area contributed by atoms with Crippen LogP contribution in [0.5, 0.6) is 0 Å². The standard InChI is InChI=1S/C9H16N2/c1-8(6-7-10)4-3-5-9(2)11/h3,5,7-8,10-11H,4,6H2,1-2H3/b5-3-,10-7?,11-9?. The Bertz CT molecular complexity index is 159. The maximum Gasteiger partial charge on any atom is 0.0279 e. The molecule has 2 nitrogen and oxygen atoms in total. The van der Waals surface area contributed by atoms with Gasteiger partial charge in [0.05, 0.1) is 0 Å². The fourth-order valence-electron chi connectivity index (χ4n) is 0.775. The van der Waals surface area contributed by atoms with Crippen molar-refractivity contribution in [2.45, 2.75) is 26.7 Å². The Hall–Kier alpha value is -0.920. The van der Waals surface area contributed by atoms with E-state index in [1.807, 2.05) is 6.08 Å². The summed E-state index contributed by atoms with van der Waals surface area (Å²) in [6, 6.07) is 0. The van der Waals surface area contributed by atoms with E-state index in [2.05, 4.69) is 6.92 Å². The average molecular weight is 152 g/mol. The van der Waals surface area contributed by atoms with Gasteiger partial charge in [0.15, 0.2) is 0 Å². The lowest BCUT2D eigenvalue weighted by Crippen LogP contribution is -1.92. The SMILES string of the molecule is CC(=N)/C=C\CC(C)CC=N. The Labute approximate surface area is 68.3 Å². The zero-order valence-electron chi connectivity index (χ0n) is 7.22. The third kappa shape index (κ3) is 6.97. The van der Waals surface area contributed by atoms with E-state index in [0.29, 0.717) is 11.6 Å². The van der Waals surface area contributed by atoms with Gasteiger partial charge in [0.2, 0.25) is 0 Å². The minimum atomic E-state index is 0.531. The molecule has 0 radical (unpaired) electrons. The summed E-state index contributed by atoms with van der Waals surface area (Å²) in [6.07, 6.45) is 7.04. The molecule has 0 spiro atoms. The first-order chi connectivity index (χ1) is 5.16. The molecule has 2 N–H and O–H groups in total. The summed E-state index contributed by atoms with van der Waals surface area (Å²) in [7, 11) is 0. The molecular weight excluding hydrogens is 136 g/mol. The fraction of sp³-hybridized carbons (Fsp3) is 0.556. The van der Waals surface area contributed by atoms with E-state index in [1.54, 1.807) is 13.0 Å². The van der Waals surface area contributed by atoms with E-state index in [0.717, 1.165) is 12.8 Å². The van der Waals surface area contributed by atoms with Gasteiger partial charge in [-0.3, -0.25) is 0 Å². The predicted octanol–water partition coefficient (Wildman–Crippen LogP) is 2.65. The van der Waals surface area contributed by atoms with E-state index in [4.69, 9.17) is 10.8 Å². The number of hydrogen-bond acceptors (Lipinski definition) is 2. The van der Waals surface area contributed by atoms with Gasteiger partial charge in [-0.15, -0.1) is 0 Å². The Kier molecular flexibility index (Phi) is 5.35. The smallest absolute Gasteiger partial charge is 0.0279 e. The van der Waals surface area contributed by atoms with Gasteiger partial charge in [-0.25, -0.2) is 0 Å². The second-order valence-corrected chi connectivity index (χ2v) is 2.87. The molecular formula is C9H16N2. The summed E-state index contributed by atoms with van der Waals surface area (Å²) in [5.41, 5.74) is 0.590. The molecule has 62 valence electrons. The van der Waals surface area contributed by atoms with Gasteiger partial charge in [-0.05, 0) is 38.0 Å². The predicted molar refractivity (Wildman–Crippen MR) is 49.7 cm³/mol. The second-order valence-electron chi connectivity index (χ2n) is 2.87. The topological polar surface area (TPSA) is 47.7 Å². The van der Waals surface area contributed by atoms with Crippen LogP contribution in [0, 0.1) is 16.7 Å². The average Bonchev–Trinajstić information content (AvgIpc) is 1.87. The van der Waals surface area contributed by atoms with Crippen LogP contribution in [0.25, 0.3) is 0 Å². The van der Waals surface area contributed by atoms with Crippen molar-refractivity contribution < 1.29 is 0 Å². The molecule has 0 bridgehead atoms. The minimum Gasteiger partial charge on any atom is -0.313 e. The van der Waals surface area contributed by atoms with Crippen LogP contribution in [0.4, 0.5) is 0 Å². The van der Waals surface area contributed by atoms with Gasteiger partial charge >= 0.3 is 0 Å². The van der Waals surface area contributed by atoms with Crippen LogP contribution in [0.2, 0.25) is 0 Å². The Morgan fingerprint density at radius 3 is 2.55 bits per heavy atom. The van der Waals surface area contributed by atoms with Gasteiger partial charge in [-0.1, -0.05) is 13.0 Å². The highest BCUT2D eigenvalue weighted by atomic mass is 14.4. The summed E-state index contributed by atoms with van der Waals surface area (Å²) in [4.78, 5) is 0. The van der Waals surface area contributed by atoms with Crippen molar-refractivity contribution in [3.05, 3.63) is 12.2 Å². The molecule has 0 aliphatic rings. The number of allylic oxidation sites excluding steroid dienone is 2. The molecule has 0 heterocycles. The molecule has 1 unspecified atom stereocenters. The third-order valence-electron chi connectivity index (χ3n) is 1.43. The molecule has 2 heteroatoms. The molecule has 0 saturated heterocycles. The summed E-state index contributed by atoms with van der Waals surface area (Å²) in [5.74, 6) is 0.531. The van der Waals surface area contributed by atoms with Crippen molar-refractivity contribution in [2.75, 3.05) is 0 Å². The van der Waals surface area contributed by atoms with Crippen LogP contribution in [-0.4, -0.2) is 11.9 Å². The summed E-state index contributed by atoms with van der Waals surface area (Å²) >= 11 is 0. The monoisotopic (exact) mass is 152 g/mol. The lowest BCUT2D eigenvalue weighted by Gasteiger charge is -2.01. The first-order valence-electron chi connectivity index (χ1n) is 3.87. The highest BCUT2D eigenvalue weighted by Crippen LogP contribution is 2.05. The van der Waals surface area contributed by atoms with E-state index in [-0.39, 0.29) is 0 Å². The van der Waals surface area contributed by atoms with Crippen molar-refractivity contribution in [1.29, 1.82) is 10.8 Å². The van der Waals surface area contributed by atoms with Crippen LogP contribution in [-0.2, 0) is 0 Å². The second kappa shape index (κ2) is 5.83. The van der Waals surface area contributed by atoms with E-state index in [1.165, 1.54) is 6.21 Å². The Balaban J connectivity index is 3.51. The van der Waals surface area contributed by atoms with E-state index >= 15 is 0 Å². The van der Waals surface area contributed by atoms with E-state index in [9.17, 15) is 0 Å². The Morgan fingerprint density at radius 1 is 1.45 bits per heavy atom. The van der Waals surface area contributed by atoms with Crippen molar-refractivity contribution in [1.82, 2.24) is 0 Å². The number of hydrogen-bond donors (Lipinski definition) is 2. The molecule has 1 atom stereocenters. The molecule has 0 aliphatic carbocycles. The molecule has 11 heavy (non-hydrogen) atoms. The first kappa shape index (κ1) is 10.1. The maximum absolute atomic E-state index is 7.11. The number of rotatable bonds is 5. The zero-order valence-corrected chi connectivity index (χ0v) is 7.22. The lowest BCUT2D eigenvalue weighted by atomic mass is 10.0. The zero-order chi connectivity index (χ0) is 8.69. The summed E-state index contributed by atoms with van der Waals surface area (Å²) in [5, 5.41) is 14.0. The van der Waals surface area contributed by atoms with Crippen LogP contribution >= 0.6 is 0 Å². The largest absolute Gasteiger partial charge is 0.313 e. The molecule has 0 aromatic rings. The summed E-state index contributed by atoms with van der Waals surface area (Å²) < 4.78 is 0. The normalized spacial score (nSPS) is 13.3. The van der Waals surface area contributed by atoms with Gasteiger partial charge in [0.1, 0.15) is 0 Å². The molecule has 0 saturated carbocycles. The van der Waals surface area contributed by atoms with Crippen LogP contribution in [0.3, 0.4) is 0 Å². The molecule has 0 aromatic heterocycles. The molecule has 0 amide bonds. The fourth-order valence-corrected chi connectivity index (χ4v) is 0.775. The van der Waals surface area contributed by atoms with Crippen LogP contribution in [0.15, 0.2) is 12.2 Å². The molecule has 0 aliphatic heterocycles. The van der Waals surface area contributed by atoms with Gasteiger partial charge < -0.3 is 10.8 Å². The third-order valence-corrected chi connectivity index (χ3v) is 1.43. The highest BCUT2D eigenvalue weighted by molar-refractivity contribution is 5.89. The van der Waals surface area contributed by atoms with Crippen LogP contribution < -0.4 is 0 Å². The summed E-state index contributed by atoms with van der Waals surface area (Å²) in [6.45, 7) is 3.87. The first-order valence-corrected chi connectivity index (χ1v) is 3.87. The van der Waals surface area contributed by atoms with Crippen molar-refractivity contribution in [3.63, 3.8) is 0 Å². The van der Waals surface area contributed by atoms with E-state index < -0.39 is 0 Å².